The number of hydrogen-bond donors (Lipinski definition) is 0. The van der Waals surface area contributed by atoms with E-state index in [1.54, 1.807) is 53.4 Å². The first-order valence-electron chi connectivity index (χ1n) is 9.07. The molecule has 0 spiro atoms. The van der Waals surface area contributed by atoms with Crippen LogP contribution >= 0.6 is 23.1 Å². The fourth-order valence-electron chi connectivity index (χ4n) is 2.69. The van der Waals surface area contributed by atoms with Gasteiger partial charge in [0.15, 0.2) is 23.9 Å². The van der Waals surface area contributed by atoms with Crippen molar-refractivity contribution in [1.29, 1.82) is 0 Å². The van der Waals surface area contributed by atoms with Crippen LogP contribution in [0, 0.1) is 6.92 Å². The monoisotopic (exact) mass is 443 g/mol. The van der Waals surface area contributed by atoms with Gasteiger partial charge in [-0.3, -0.25) is 4.79 Å². The number of aromatic nitrogens is 1. The summed E-state index contributed by atoms with van der Waals surface area (Å²) in [6.45, 7) is 1.59. The Balaban J connectivity index is 1.64. The molecule has 3 rings (SSSR count). The van der Waals surface area contributed by atoms with E-state index in [0.717, 1.165) is 15.6 Å². The van der Waals surface area contributed by atoms with Crippen LogP contribution in [0.2, 0.25) is 0 Å². The number of thiazole rings is 1. The van der Waals surface area contributed by atoms with Gasteiger partial charge in [0, 0.05) is 22.4 Å². The minimum atomic E-state index is -0.532. The molecule has 0 saturated heterocycles. The maximum Gasteiger partial charge on any atom is 0.338 e. The summed E-state index contributed by atoms with van der Waals surface area (Å²) in [6, 6.07) is 12.0. The van der Waals surface area contributed by atoms with Gasteiger partial charge in [0.25, 0.3) is 0 Å². The van der Waals surface area contributed by atoms with Gasteiger partial charge >= 0.3 is 5.97 Å². The van der Waals surface area contributed by atoms with Crippen LogP contribution in [-0.2, 0) is 10.5 Å². The Morgan fingerprint density at radius 1 is 1.07 bits per heavy atom. The average molecular weight is 444 g/mol. The van der Waals surface area contributed by atoms with Crippen molar-refractivity contribution in [1.82, 2.24) is 4.98 Å². The third-order valence-electron chi connectivity index (χ3n) is 4.23. The molecule has 8 heteroatoms. The molecule has 0 aliphatic carbocycles. The Morgan fingerprint density at radius 3 is 2.53 bits per heavy atom. The summed E-state index contributed by atoms with van der Waals surface area (Å²) in [5.74, 6) is 0.689. The van der Waals surface area contributed by atoms with Gasteiger partial charge < -0.3 is 14.2 Å². The molecule has 0 atom stereocenters. The standard InChI is InChI=1S/C22H21NO5S2/c1-14-12-29-22(23-14)30-13-16-6-4-5-7-17(16)21(25)28-11-18(24)15-8-9-19(26-2)20(10-15)27-3/h4-10,12H,11,13H2,1-3H3. The molecule has 0 aliphatic heterocycles. The number of thioether (sulfide) groups is 1. The van der Waals surface area contributed by atoms with E-state index in [2.05, 4.69) is 4.98 Å². The molecule has 0 unspecified atom stereocenters. The summed E-state index contributed by atoms with van der Waals surface area (Å²) in [5.41, 5.74) is 2.63. The lowest BCUT2D eigenvalue weighted by Gasteiger charge is -2.10. The van der Waals surface area contributed by atoms with Gasteiger partial charge in [0.2, 0.25) is 0 Å². The minimum absolute atomic E-state index is 0.325. The number of hydrogen-bond acceptors (Lipinski definition) is 8. The quantitative estimate of drug-likeness (QED) is 0.267. The minimum Gasteiger partial charge on any atom is -0.493 e. The van der Waals surface area contributed by atoms with Crippen LogP contribution < -0.4 is 9.47 Å². The predicted molar refractivity (Wildman–Crippen MR) is 117 cm³/mol. The highest BCUT2D eigenvalue weighted by Crippen LogP contribution is 2.29. The lowest BCUT2D eigenvalue weighted by molar-refractivity contribution is 0.0474. The number of aryl methyl sites for hydroxylation is 1. The number of rotatable bonds is 9. The Labute approximate surface area is 183 Å². The zero-order valence-electron chi connectivity index (χ0n) is 16.8. The molecular formula is C22H21NO5S2. The molecule has 0 amide bonds. The van der Waals surface area contributed by atoms with E-state index >= 15 is 0 Å². The van der Waals surface area contributed by atoms with Crippen LogP contribution in [-0.4, -0.2) is 37.6 Å². The normalized spacial score (nSPS) is 10.5. The number of esters is 1. The number of methoxy groups -OCH3 is 2. The Morgan fingerprint density at radius 2 is 1.83 bits per heavy atom. The van der Waals surface area contributed by atoms with Crippen molar-refractivity contribution in [2.45, 2.75) is 17.0 Å². The zero-order chi connectivity index (χ0) is 21.5. The van der Waals surface area contributed by atoms with Gasteiger partial charge in [-0.25, -0.2) is 9.78 Å². The topological polar surface area (TPSA) is 74.7 Å². The van der Waals surface area contributed by atoms with Gasteiger partial charge in [0.05, 0.1) is 19.8 Å². The second kappa shape index (κ2) is 10.3. The van der Waals surface area contributed by atoms with Crippen LogP contribution in [0.25, 0.3) is 0 Å². The van der Waals surface area contributed by atoms with E-state index in [-0.39, 0.29) is 12.4 Å². The molecule has 0 saturated carbocycles. The molecule has 0 N–H and O–H groups in total. The number of nitrogens with zero attached hydrogens (tertiary/aromatic N) is 1. The van der Waals surface area contributed by atoms with Gasteiger partial charge in [0.1, 0.15) is 4.34 Å². The van der Waals surface area contributed by atoms with Gasteiger partial charge in [-0.1, -0.05) is 30.0 Å². The van der Waals surface area contributed by atoms with Gasteiger partial charge in [-0.05, 0) is 36.8 Å². The largest absolute Gasteiger partial charge is 0.493 e. The third-order valence-corrected chi connectivity index (χ3v) is 6.41. The fraction of sp³-hybridized carbons (Fsp3) is 0.227. The van der Waals surface area contributed by atoms with E-state index in [1.807, 2.05) is 24.4 Å². The van der Waals surface area contributed by atoms with E-state index in [4.69, 9.17) is 14.2 Å². The first kappa shape index (κ1) is 21.9. The Kier molecular flexibility index (Phi) is 7.48. The van der Waals surface area contributed by atoms with Crippen molar-refractivity contribution in [3.63, 3.8) is 0 Å². The Hall–Kier alpha value is -2.84. The lowest BCUT2D eigenvalue weighted by atomic mass is 10.1. The van der Waals surface area contributed by atoms with Crippen molar-refractivity contribution >= 4 is 34.9 Å². The maximum atomic E-state index is 12.6. The number of ketones is 1. The highest BCUT2D eigenvalue weighted by atomic mass is 32.2. The molecule has 2 aromatic carbocycles. The molecule has 30 heavy (non-hydrogen) atoms. The number of Topliss-reactive ketones (excluding diaryl/α,β-unsaturated/α-hetero) is 1. The van der Waals surface area contributed by atoms with E-state index in [1.165, 1.54) is 14.2 Å². The number of ether oxygens (including phenoxy) is 3. The van der Waals surface area contributed by atoms with Crippen LogP contribution in [0.1, 0.15) is 32.0 Å². The van der Waals surface area contributed by atoms with Crippen LogP contribution in [0.3, 0.4) is 0 Å². The number of benzene rings is 2. The second-order valence-electron chi connectivity index (χ2n) is 6.27. The predicted octanol–water partition coefficient (Wildman–Crippen LogP) is 4.80. The van der Waals surface area contributed by atoms with E-state index < -0.39 is 5.97 Å². The summed E-state index contributed by atoms with van der Waals surface area (Å²) in [7, 11) is 3.01. The Bertz CT molecular complexity index is 1050. The summed E-state index contributed by atoms with van der Waals surface area (Å²) >= 11 is 3.13. The first-order chi connectivity index (χ1) is 14.5. The molecule has 156 valence electrons. The summed E-state index contributed by atoms with van der Waals surface area (Å²) < 4.78 is 16.6. The number of carbonyl (C=O) groups excluding carboxylic acids is 2. The first-order valence-corrected chi connectivity index (χ1v) is 10.9. The van der Waals surface area contributed by atoms with Crippen molar-refractivity contribution < 1.29 is 23.8 Å². The molecule has 0 aliphatic rings. The molecule has 1 aromatic heterocycles. The average Bonchev–Trinajstić information content (AvgIpc) is 3.20. The SMILES string of the molecule is COc1ccc(C(=O)COC(=O)c2ccccc2CSc2nc(C)cs2)cc1OC. The van der Waals surface area contributed by atoms with Crippen LogP contribution in [0.4, 0.5) is 0 Å². The molecule has 3 aromatic rings. The number of carbonyl (C=O) groups is 2. The van der Waals surface area contributed by atoms with Crippen LogP contribution in [0.15, 0.2) is 52.2 Å². The molecule has 6 nitrogen and oxygen atoms in total. The van der Waals surface area contributed by atoms with Gasteiger partial charge in [-0.2, -0.15) is 0 Å². The van der Waals surface area contributed by atoms with Crippen molar-refractivity contribution in [3.8, 4) is 11.5 Å². The van der Waals surface area contributed by atoms with Crippen molar-refractivity contribution in [3.05, 3.63) is 70.2 Å². The van der Waals surface area contributed by atoms with Gasteiger partial charge in [-0.15, -0.1) is 11.3 Å². The fourth-order valence-corrected chi connectivity index (χ4v) is 4.54. The summed E-state index contributed by atoms with van der Waals surface area (Å²) in [5, 5.41) is 1.99. The highest BCUT2D eigenvalue weighted by Gasteiger charge is 2.17. The van der Waals surface area contributed by atoms with E-state index in [0.29, 0.717) is 28.4 Å². The van der Waals surface area contributed by atoms with E-state index in [9.17, 15) is 9.59 Å². The molecule has 0 bridgehead atoms. The third kappa shape index (κ3) is 5.40. The molecule has 0 fully saturated rings. The maximum absolute atomic E-state index is 12.6. The summed E-state index contributed by atoms with van der Waals surface area (Å²) in [4.78, 5) is 29.5. The van der Waals surface area contributed by atoms with Crippen LogP contribution in [0.5, 0.6) is 11.5 Å². The smallest absolute Gasteiger partial charge is 0.338 e. The molecule has 1 heterocycles. The zero-order valence-corrected chi connectivity index (χ0v) is 18.5. The molecule has 0 radical (unpaired) electrons. The van der Waals surface area contributed by atoms with Crippen molar-refractivity contribution in [2.24, 2.45) is 0 Å². The highest BCUT2D eigenvalue weighted by molar-refractivity contribution is 8.00. The van der Waals surface area contributed by atoms with Crippen molar-refractivity contribution in [2.75, 3.05) is 20.8 Å². The second-order valence-corrected chi connectivity index (χ2v) is 8.35. The summed E-state index contributed by atoms with van der Waals surface area (Å²) in [6.07, 6.45) is 0. The lowest BCUT2D eigenvalue weighted by Crippen LogP contribution is -2.15. The molecular weight excluding hydrogens is 422 g/mol.